The second-order valence-electron chi connectivity index (χ2n) is 3.18. The van der Waals surface area contributed by atoms with E-state index >= 15 is 0 Å². The number of amides is 1. The van der Waals surface area contributed by atoms with Crippen LogP contribution >= 0.6 is 0 Å². The molecule has 0 bridgehead atoms. The van der Waals surface area contributed by atoms with E-state index in [4.69, 9.17) is 4.52 Å². The standard InChI is InChI=1S/C11H11N3O2/c1-2-13-11(15)9-6-10(16-14-9)8-4-3-5-12-7-8/h3-7H,2H2,1H3,(H,13,15). The molecule has 0 fully saturated rings. The van der Waals surface area contributed by atoms with Gasteiger partial charge in [0.2, 0.25) is 0 Å². The Morgan fingerprint density at radius 1 is 1.56 bits per heavy atom. The molecule has 5 nitrogen and oxygen atoms in total. The maximum absolute atomic E-state index is 11.4. The topological polar surface area (TPSA) is 68.0 Å². The van der Waals surface area contributed by atoms with Crippen molar-refractivity contribution in [2.24, 2.45) is 0 Å². The summed E-state index contributed by atoms with van der Waals surface area (Å²) >= 11 is 0. The van der Waals surface area contributed by atoms with Crippen LogP contribution in [-0.4, -0.2) is 22.6 Å². The van der Waals surface area contributed by atoms with Crippen LogP contribution in [0.2, 0.25) is 0 Å². The molecule has 0 spiro atoms. The van der Waals surface area contributed by atoms with Gasteiger partial charge in [0.25, 0.3) is 5.91 Å². The summed E-state index contributed by atoms with van der Waals surface area (Å²) in [7, 11) is 0. The van der Waals surface area contributed by atoms with Crippen molar-refractivity contribution in [2.45, 2.75) is 6.92 Å². The van der Waals surface area contributed by atoms with Crippen LogP contribution < -0.4 is 5.32 Å². The van der Waals surface area contributed by atoms with Gasteiger partial charge in [0.1, 0.15) is 0 Å². The van der Waals surface area contributed by atoms with Crippen LogP contribution in [0, 0.1) is 0 Å². The molecule has 0 aromatic carbocycles. The number of carbonyl (C=O) groups is 1. The molecule has 0 aliphatic heterocycles. The lowest BCUT2D eigenvalue weighted by Gasteiger charge is -1.94. The van der Waals surface area contributed by atoms with E-state index < -0.39 is 0 Å². The van der Waals surface area contributed by atoms with E-state index in [1.54, 1.807) is 24.5 Å². The van der Waals surface area contributed by atoms with E-state index in [0.29, 0.717) is 12.3 Å². The lowest BCUT2D eigenvalue weighted by molar-refractivity contribution is 0.0947. The summed E-state index contributed by atoms with van der Waals surface area (Å²) in [4.78, 5) is 15.4. The van der Waals surface area contributed by atoms with Crippen LogP contribution in [-0.2, 0) is 0 Å². The van der Waals surface area contributed by atoms with Gasteiger partial charge in [-0.1, -0.05) is 5.16 Å². The zero-order valence-electron chi connectivity index (χ0n) is 8.80. The zero-order valence-corrected chi connectivity index (χ0v) is 8.80. The number of hydrogen-bond acceptors (Lipinski definition) is 4. The third-order valence-corrected chi connectivity index (χ3v) is 2.03. The minimum absolute atomic E-state index is 0.235. The Hall–Kier alpha value is -2.17. The first kappa shape index (κ1) is 10.4. The van der Waals surface area contributed by atoms with Gasteiger partial charge in [0.05, 0.1) is 0 Å². The number of pyridine rings is 1. The summed E-state index contributed by atoms with van der Waals surface area (Å²) in [6.07, 6.45) is 3.33. The van der Waals surface area contributed by atoms with Gasteiger partial charge in [0, 0.05) is 30.6 Å². The molecule has 5 heteroatoms. The maximum Gasteiger partial charge on any atom is 0.273 e. The summed E-state index contributed by atoms with van der Waals surface area (Å²) in [5, 5.41) is 6.35. The zero-order chi connectivity index (χ0) is 11.4. The SMILES string of the molecule is CCNC(=O)c1cc(-c2cccnc2)on1. The smallest absolute Gasteiger partial charge is 0.273 e. The summed E-state index contributed by atoms with van der Waals surface area (Å²) in [5.74, 6) is 0.302. The number of hydrogen-bond donors (Lipinski definition) is 1. The van der Waals surface area contributed by atoms with Gasteiger partial charge in [-0.15, -0.1) is 0 Å². The molecule has 1 amide bonds. The molecule has 0 saturated carbocycles. The summed E-state index contributed by atoms with van der Waals surface area (Å²) in [6.45, 7) is 2.41. The molecule has 2 heterocycles. The average molecular weight is 217 g/mol. The number of nitrogens with zero attached hydrogens (tertiary/aromatic N) is 2. The number of carbonyl (C=O) groups excluding carboxylic acids is 1. The molecule has 0 radical (unpaired) electrons. The summed E-state index contributed by atoms with van der Waals surface area (Å²) in [6, 6.07) is 5.24. The Morgan fingerprint density at radius 2 is 2.44 bits per heavy atom. The number of rotatable bonds is 3. The minimum Gasteiger partial charge on any atom is -0.355 e. The van der Waals surface area contributed by atoms with Crippen LogP contribution in [0.1, 0.15) is 17.4 Å². The molecular formula is C11H11N3O2. The highest BCUT2D eigenvalue weighted by Crippen LogP contribution is 2.18. The lowest BCUT2D eigenvalue weighted by atomic mass is 10.2. The van der Waals surface area contributed by atoms with Crippen molar-refractivity contribution in [3.63, 3.8) is 0 Å². The Morgan fingerprint density at radius 3 is 3.12 bits per heavy atom. The largest absolute Gasteiger partial charge is 0.355 e. The fourth-order valence-corrected chi connectivity index (χ4v) is 1.28. The first-order valence-electron chi connectivity index (χ1n) is 4.96. The molecule has 82 valence electrons. The fraction of sp³-hybridized carbons (Fsp3) is 0.182. The predicted molar refractivity (Wildman–Crippen MR) is 57.7 cm³/mol. The molecule has 1 N–H and O–H groups in total. The Bertz CT molecular complexity index is 479. The van der Waals surface area contributed by atoms with Crippen molar-refractivity contribution >= 4 is 5.91 Å². The van der Waals surface area contributed by atoms with Crippen LogP contribution in [0.4, 0.5) is 0 Å². The molecule has 0 atom stereocenters. The molecule has 0 unspecified atom stereocenters. The molecule has 2 rings (SSSR count). The average Bonchev–Trinajstić information content (AvgIpc) is 2.80. The summed E-state index contributed by atoms with van der Waals surface area (Å²) in [5.41, 5.74) is 1.08. The first-order chi connectivity index (χ1) is 7.81. The lowest BCUT2D eigenvalue weighted by Crippen LogP contribution is -2.22. The van der Waals surface area contributed by atoms with Gasteiger partial charge in [-0.3, -0.25) is 9.78 Å². The third-order valence-electron chi connectivity index (χ3n) is 2.03. The minimum atomic E-state index is -0.235. The Kier molecular flexibility index (Phi) is 2.95. The molecule has 2 aromatic heterocycles. The van der Waals surface area contributed by atoms with E-state index in [9.17, 15) is 4.79 Å². The van der Waals surface area contributed by atoms with Gasteiger partial charge in [0.15, 0.2) is 11.5 Å². The van der Waals surface area contributed by atoms with Gasteiger partial charge in [-0.25, -0.2) is 0 Å². The van der Waals surface area contributed by atoms with Gasteiger partial charge in [-0.05, 0) is 19.1 Å². The molecule has 16 heavy (non-hydrogen) atoms. The molecule has 0 aliphatic carbocycles. The maximum atomic E-state index is 11.4. The van der Waals surface area contributed by atoms with Crippen LogP contribution in [0.15, 0.2) is 35.1 Å². The molecular weight excluding hydrogens is 206 g/mol. The van der Waals surface area contributed by atoms with Crippen molar-refractivity contribution in [3.05, 3.63) is 36.3 Å². The molecule has 0 saturated heterocycles. The Labute approximate surface area is 92.5 Å². The highest BCUT2D eigenvalue weighted by molar-refractivity contribution is 5.92. The normalized spacial score (nSPS) is 10.1. The van der Waals surface area contributed by atoms with Crippen molar-refractivity contribution in [1.29, 1.82) is 0 Å². The second kappa shape index (κ2) is 4.57. The predicted octanol–water partition coefficient (Wildman–Crippen LogP) is 1.49. The van der Waals surface area contributed by atoms with E-state index in [0.717, 1.165) is 5.56 Å². The van der Waals surface area contributed by atoms with Crippen molar-refractivity contribution in [2.75, 3.05) is 6.54 Å². The van der Waals surface area contributed by atoms with Crippen molar-refractivity contribution < 1.29 is 9.32 Å². The third kappa shape index (κ3) is 2.08. The van der Waals surface area contributed by atoms with Crippen molar-refractivity contribution in [3.8, 4) is 11.3 Å². The molecule has 0 aliphatic rings. The van der Waals surface area contributed by atoms with E-state index in [-0.39, 0.29) is 11.6 Å². The second-order valence-corrected chi connectivity index (χ2v) is 3.18. The van der Waals surface area contributed by atoms with Gasteiger partial charge < -0.3 is 9.84 Å². The van der Waals surface area contributed by atoms with Gasteiger partial charge >= 0.3 is 0 Å². The van der Waals surface area contributed by atoms with E-state index in [1.807, 2.05) is 13.0 Å². The highest BCUT2D eigenvalue weighted by atomic mass is 16.5. The quantitative estimate of drug-likeness (QED) is 0.845. The van der Waals surface area contributed by atoms with Crippen LogP contribution in [0.5, 0.6) is 0 Å². The van der Waals surface area contributed by atoms with E-state index in [2.05, 4.69) is 15.5 Å². The Balaban J connectivity index is 2.23. The fourth-order valence-electron chi connectivity index (χ4n) is 1.28. The highest BCUT2D eigenvalue weighted by Gasteiger charge is 2.12. The van der Waals surface area contributed by atoms with Crippen LogP contribution in [0.25, 0.3) is 11.3 Å². The molecule has 2 aromatic rings. The van der Waals surface area contributed by atoms with E-state index in [1.165, 1.54) is 0 Å². The van der Waals surface area contributed by atoms with Crippen LogP contribution in [0.3, 0.4) is 0 Å². The van der Waals surface area contributed by atoms with Gasteiger partial charge in [-0.2, -0.15) is 0 Å². The number of nitrogens with one attached hydrogen (secondary N) is 1. The monoisotopic (exact) mass is 217 g/mol. The summed E-state index contributed by atoms with van der Waals surface area (Å²) < 4.78 is 5.07. The first-order valence-corrected chi connectivity index (χ1v) is 4.96. The van der Waals surface area contributed by atoms with Crippen molar-refractivity contribution in [1.82, 2.24) is 15.5 Å². The number of aromatic nitrogens is 2.